The molecule has 2 aromatic rings. The van der Waals surface area contributed by atoms with Crippen LogP contribution in [0.25, 0.3) is 0 Å². The zero-order valence-electron chi connectivity index (χ0n) is 19.6. The summed E-state index contributed by atoms with van der Waals surface area (Å²) in [5.41, 5.74) is 2.08. The molecule has 2 N–H and O–H groups in total. The molecule has 0 aliphatic carbocycles. The van der Waals surface area contributed by atoms with Gasteiger partial charge in [0.1, 0.15) is 22.2 Å². The number of aromatic hydroxyl groups is 2. The summed E-state index contributed by atoms with van der Waals surface area (Å²) >= 11 is 3.32. The summed E-state index contributed by atoms with van der Waals surface area (Å²) in [7, 11) is 0. The largest absolute Gasteiger partial charge is 0.508 e. The average molecular weight is 501 g/mol. The van der Waals surface area contributed by atoms with Crippen LogP contribution < -0.4 is 0 Å². The predicted molar refractivity (Wildman–Crippen MR) is 138 cm³/mol. The predicted octanol–water partition coefficient (Wildman–Crippen LogP) is 5.28. The lowest BCUT2D eigenvalue weighted by Gasteiger charge is -2.25. The van der Waals surface area contributed by atoms with Crippen LogP contribution in [0.15, 0.2) is 48.5 Å². The number of hydrogen-bond acceptors (Lipinski definition) is 6. The fourth-order valence-electron chi connectivity index (χ4n) is 4.52. The smallest absolute Gasteiger partial charge is 0.236 e. The molecule has 0 bridgehead atoms. The number of nitrogens with zero attached hydrogens (tertiary/aromatic N) is 2. The minimum atomic E-state index is -0.0590. The molecule has 2 saturated heterocycles. The van der Waals surface area contributed by atoms with Crippen molar-refractivity contribution in [1.29, 1.82) is 0 Å². The molecule has 4 unspecified atom stereocenters. The van der Waals surface area contributed by atoms with Crippen LogP contribution >= 0.6 is 23.5 Å². The number of unbranched alkanes of at least 4 members (excludes halogenated alkanes) is 3. The average Bonchev–Trinajstić information content (AvgIpc) is 3.27. The normalized spacial score (nSPS) is 24.9. The first-order chi connectivity index (χ1) is 16.3. The monoisotopic (exact) mass is 500 g/mol. The summed E-state index contributed by atoms with van der Waals surface area (Å²) in [6, 6.07) is 14.3. The number of phenolic OH excluding ortho intramolecular Hbond substituents is 2. The minimum Gasteiger partial charge on any atom is -0.508 e. The lowest BCUT2D eigenvalue weighted by molar-refractivity contribution is -0.130. The number of thioether (sulfide) groups is 2. The quantitative estimate of drug-likeness (QED) is 0.456. The van der Waals surface area contributed by atoms with Gasteiger partial charge in [-0.25, -0.2) is 0 Å². The standard InChI is InChI=1S/C26H32N2O4S2/c1-17-23(31)27(25(33-17)19-7-11-21(29)12-8-19)15-5-3-4-6-16-28-24(32)18(2)34-26(28)20-9-13-22(30)14-10-20/h7-14,17-18,25-26,29-30H,3-6,15-16H2,1-2H3. The van der Waals surface area contributed by atoms with Crippen LogP contribution in [-0.2, 0) is 9.59 Å². The summed E-state index contributed by atoms with van der Waals surface area (Å²) in [6.45, 7) is 5.34. The van der Waals surface area contributed by atoms with Crippen LogP contribution in [0.2, 0.25) is 0 Å². The zero-order chi connectivity index (χ0) is 24.2. The molecule has 4 atom stereocenters. The van der Waals surface area contributed by atoms with Crippen molar-refractivity contribution in [3.05, 3.63) is 59.7 Å². The van der Waals surface area contributed by atoms with E-state index in [1.807, 2.05) is 47.9 Å². The van der Waals surface area contributed by atoms with Crippen LogP contribution in [0.4, 0.5) is 0 Å². The van der Waals surface area contributed by atoms with Gasteiger partial charge in [-0.05, 0) is 62.1 Å². The van der Waals surface area contributed by atoms with E-state index in [1.165, 1.54) is 0 Å². The lowest BCUT2D eigenvalue weighted by atomic mass is 10.1. The number of carbonyl (C=O) groups is 2. The molecule has 2 fully saturated rings. The molecule has 8 heteroatoms. The molecule has 0 saturated carbocycles. The highest BCUT2D eigenvalue weighted by molar-refractivity contribution is 8.01. The minimum absolute atomic E-state index is 0.00472. The van der Waals surface area contributed by atoms with Gasteiger partial charge in [0.25, 0.3) is 0 Å². The molecule has 2 heterocycles. The Morgan fingerprint density at radius 1 is 0.647 bits per heavy atom. The van der Waals surface area contributed by atoms with Gasteiger partial charge in [0.05, 0.1) is 10.5 Å². The molecular weight excluding hydrogens is 468 g/mol. The van der Waals surface area contributed by atoms with Crippen LogP contribution in [0, 0.1) is 0 Å². The molecule has 0 spiro atoms. The molecule has 0 aromatic heterocycles. The number of carbonyl (C=O) groups excluding carboxylic acids is 2. The Balaban J connectivity index is 1.26. The summed E-state index contributed by atoms with van der Waals surface area (Å²) in [4.78, 5) is 29.3. The van der Waals surface area contributed by atoms with Gasteiger partial charge in [-0.1, -0.05) is 37.1 Å². The third-order valence-corrected chi connectivity index (χ3v) is 9.19. The first-order valence-electron chi connectivity index (χ1n) is 11.8. The van der Waals surface area contributed by atoms with Crippen molar-refractivity contribution in [3.63, 3.8) is 0 Å². The first-order valence-corrected chi connectivity index (χ1v) is 13.7. The second-order valence-electron chi connectivity index (χ2n) is 8.92. The van der Waals surface area contributed by atoms with Crippen LogP contribution in [-0.4, -0.2) is 55.4 Å². The van der Waals surface area contributed by atoms with Crippen molar-refractivity contribution in [1.82, 2.24) is 9.80 Å². The lowest BCUT2D eigenvalue weighted by Crippen LogP contribution is -2.31. The van der Waals surface area contributed by atoms with Gasteiger partial charge in [-0.3, -0.25) is 9.59 Å². The molecule has 0 radical (unpaired) electrons. The topological polar surface area (TPSA) is 81.1 Å². The maximum absolute atomic E-state index is 12.7. The maximum Gasteiger partial charge on any atom is 0.236 e. The molecule has 2 aliphatic rings. The van der Waals surface area contributed by atoms with Gasteiger partial charge in [-0.15, -0.1) is 23.5 Å². The van der Waals surface area contributed by atoms with E-state index in [-0.39, 0.29) is 44.6 Å². The van der Waals surface area contributed by atoms with E-state index in [4.69, 9.17) is 0 Å². The van der Waals surface area contributed by atoms with Gasteiger partial charge >= 0.3 is 0 Å². The number of phenols is 2. The highest BCUT2D eigenvalue weighted by Gasteiger charge is 2.39. The zero-order valence-corrected chi connectivity index (χ0v) is 21.2. The highest BCUT2D eigenvalue weighted by atomic mass is 32.2. The number of amides is 2. The molecule has 2 amide bonds. The fourth-order valence-corrected chi connectivity index (χ4v) is 7.13. The van der Waals surface area contributed by atoms with Gasteiger partial charge in [0, 0.05) is 13.1 Å². The second kappa shape index (κ2) is 11.0. The van der Waals surface area contributed by atoms with Crippen molar-refractivity contribution in [2.24, 2.45) is 0 Å². The van der Waals surface area contributed by atoms with E-state index in [0.717, 1.165) is 36.8 Å². The van der Waals surface area contributed by atoms with Crippen molar-refractivity contribution in [2.45, 2.75) is 60.8 Å². The van der Waals surface area contributed by atoms with Crippen molar-refractivity contribution in [3.8, 4) is 11.5 Å². The maximum atomic E-state index is 12.7. The van der Waals surface area contributed by atoms with Crippen LogP contribution in [0.3, 0.4) is 0 Å². The third-order valence-electron chi connectivity index (χ3n) is 6.40. The summed E-state index contributed by atoms with van der Waals surface area (Å²) in [5, 5.41) is 19.0. The van der Waals surface area contributed by atoms with Crippen LogP contribution in [0.1, 0.15) is 61.4 Å². The van der Waals surface area contributed by atoms with Gasteiger partial charge in [0.15, 0.2) is 0 Å². The molecule has 34 heavy (non-hydrogen) atoms. The Hall–Kier alpha value is -2.32. The van der Waals surface area contributed by atoms with E-state index >= 15 is 0 Å². The SMILES string of the molecule is CC1SC(c2ccc(O)cc2)N(CCCCCCN2C(=O)C(C)SC2c2ccc(O)cc2)C1=O. The molecule has 2 aliphatic heterocycles. The Bertz CT molecular complexity index is 917. The van der Waals surface area contributed by atoms with Crippen LogP contribution in [0.5, 0.6) is 11.5 Å². The molecule has 2 aromatic carbocycles. The molecule has 6 nitrogen and oxygen atoms in total. The second-order valence-corrected chi connectivity index (χ2v) is 11.8. The van der Waals surface area contributed by atoms with E-state index < -0.39 is 0 Å². The van der Waals surface area contributed by atoms with Crippen molar-refractivity contribution in [2.75, 3.05) is 13.1 Å². The molecular formula is C26H32N2O4S2. The Labute approximate surface area is 209 Å². The Morgan fingerprint density at radius 3 is 1.35 bits per heavy atom. The van der Waals surface area contributed by atoms with Gasteiger partial charge in [-0.2, -0.15) is 0 Å². The van der Waals surface area contributed by atoms with E-state index in [1.54, 1.807) is 47.8 Å². The summed E-state index contributed by atoms with van der Waals surface area (Å²) in [5.74, 6) is 0.811. The summed E-state index contributed by atoms with van der Waals surface area (Å²) < 4.78 is 0. The van der Waals surface area contributed by atoms with Gasteiger partial charge in [0.2, 0.25) is 11.8 Å². The molecule has 182 valence electrons. The molecule has 4 rings (SSSR count). The Kier molecular flexibility index (Phi) is 7.99. The van der Waals surface area contributed by atoms with E-state index in [0.29, 0.717) is 13.1 Å². The number of benzene rings is 2. The van der Waals surface area contributed by atoms with Gasteiger partial charge < -0.3 is 20.0 Å². The highest BCUT2D eigenvalue weighted by Crippen LogP contribution is 2.44. The number of rotatable bonds is 9. The summed E-state index contributed by atoms with van der Waals surface area (Å²) in [6.07, 6.45) is 3.85. The fraction of sp³-hybridized carbons (Fsp3) is 0.462. The first kappa shape index (κ1) is 24.8. The van der Waals surface area contributed by atoms with E-state index in [9.17, 15) is 19.8 Å². The van der Waals surface area contributed by atoms with Crippen molar-refractivity contribution >= 4 is 35.3 Å². The number of hydrogen-bond donors (Lipinski definition) is 2. The van der Waals surface area contributed by atoms with E-state index in [2.05, 4.69) is 0 Å². The van der Waals surface area contributed by atoms with Crippen molar-refractivity contribution < 1.29 is 19.8 Å². The third kappa shape index (κ3) is 5.49. The Morgan fingerprint density at radius 2 is 1.00 bits per heavy atom.